The van der Waals surface area contributed by atoms with Crippen molar-refractivity contribution in [3.63, 3.8) is 0 Å². The maximum atomic E-state index is 6.03. The molecule has 0 aliphatic carbocycles. The van der Waals surface area contributed by atoms with Gasteiger partial charge < -0.3 is 10.1 Å². The minimum absolute atomic E-state index is 0.0334. The predicted octanol–water partition coefficient (Wildman–Crippen LogP) is 4.12. The summed E-state index contributed by atoms with van der Waals surface area (Å²) >= 11 is 7.80. The fourth-order valence-electron chi connectivity index (χ4n) is 1.88. The maximum absolute atomic E-state index is 6.03. The van der Waals surface area contributed by atoms with Gasteiger partial charge in [-0.05, 0) is 18.4 Å². The van der Waals surface area contributed by atoms with Gasteiger partial charge in [0.15, 0.2) is 5.82 Å². The van der Waals surface area contributed by atoms with E-state index in [1.165, 1.54) is 4.88 Å². The quantitative estimate of drug-likeness (QED) is 0.778. The molecule has 0 saturated carbocycles. The summed E-state index contributed by atoms with van der Waals surface area (Å²) in [5, 5.41) is 5.87. The van der Waals surface area contributed by atoms with E-state index in [-0.39, 0.29) is 5.41 Å². The highest BCUT2D eigenvalue weighted by Gasteiger charge is 2.21. The van der Waals surface area contributed by atoms with Crippen LogP contribution in [-0.2, 0) is 16.8 Å². The van der Waals surface area contributed by atoms with Crippen LogP contribution in [0.5, 0.6) is 0 Å². The van der Waals surface area contributed by atoms with Crippen LogP contribution in [0.2, 0.25) is 5.15 Å². The van der Waals surface area contributed by atoms with Crippen LogP contribution in [0.1, 0.15) is 31.5 Å². The molecule has 0 atom stereocenters. The van der Waals surface area contributed by atoms with Crippen LogP contribution in [0.15, 0.2) is 23.6 Å². The Bertz CT molecular complexity index is 572. The van der Waals surface area contributed by atoms with Crippen LogP contribution >= 0.6 is 22.9 Å². The molecule has 1 N–H and O–H groups in total. The highest BCUT2D eigenvalue weighted by molar-refractivity contribution is 7.10. The number of halogens is 1. The van der Waals surface area contributed by atoms with Crippen molar-refractivity contribution in [3.8, 4) is 0 Å². The summed E-state index contributed by atoms with van der Waals surface area (Å²) in [5.41, 5.74) is 0.0334. The van der Waals surface area contributed by atoms with Gasteiger partial charge in [-0.25, -0.2) is 9.97 Å². The Morgan fingerprint density at radius 1 is 1.38 bits per heavy atom. The second kappa shape index (κ2) is 7.20. The topological polar surface area (TPSA) is 47.0 Å². The molecular formula is C15H20ClN3OS. The van der Waals surface area contributed by atoms with E-state index in [4.69, 9.17) is 16.3 Å². The summed E-state index contributed by atoms with van der Waals surface area (Å²) in [6, 6.07) is 5.96. The molecule has 0 amide bonds. The summed E-state index contributed by atoms with van der Waals surface area (Å²) in [6.07, 6.45) is 0. The molecule has 21 heavy (non-hydrogen) atoms. The van der Waals surface area contributed by atoms with Crippen molar-refractivity contribution in [2.75, 3.05) is 18.5 Å². The Morgan fingerprint density at radius 2 is 2.19 bits per heavy atom. The van der Waals surface area contributed by atoms with Crippen molar-refractivity contribution in [1.82, 2.24) is 9.97 Å². The average molecular weight is 326 g/mol. The Kier molecular flexibility index (Phi) is 5.56. The van der Waals surface area contributed by atoms with E-state index in [1.54, 1.807) is 17.4 Å². The molecule has 0 bridgehead atoms. The molecule has 0 spiro atoms. The molecule has 0 radical (unpaired) electrons. The molecule has 0 aliphatic rings. The molecule has 2 rings (SSSR count). The normalized spacial score (nSPS) is 11.6. The molecule has 4 nitrogen and oxygen atoms in total. The molecule has 2 aromatic heterocycles. The Labute approximate surface area is 134 Å². The maximum Gasteiger partial charge on any atom is 0.158 e. The van der Waals surface area contributed by atoms with Crippen molar-refractivity contribution >= 4 is 28.8 Å². The molecule has 6 heteroatoms. The zero-order valence-corrected chi connectivity index (χ0v) is 14.1. The third kappa shape index (κ3) is 4.66. The summed E-state index contributed by atoms with van der Waals surface area (Å²) in [7, 11) is 0. The van der Waals surface area contributed by atoms with Crippen molar-refractivity contribution in [3.05, 3.63) is 39.4 Å². The third-order valence-electron chi connectivity index (χ3n) is 3.08. The highest BCUT2D eigenvalue weighted by atomic mass is 35.5. The first kappa shape index (κ1) is 16.2. The monoisotopic (exact) mass is 325 g/mol. The highest BCUT2D eigenvalue weighted by Crippen LogP contribution is 2.27. The zero-order valence-electron chi connectivity index (χ0n) is 12.5. The fourth-order valence-corrected chi connectivity index (χ4v) is 2.93. The number of nitrogens with one attached hydrogen (secondary N) is 1. The molecule has 0 unspecified atom stereocenters. The number of ether oxygens (including phenoxy) is 1. The van der Waals surface area contributed by atoms with Crippen LogP contribution in [-0.4, -0.2) is 23.1 Å². The first-order valence-electron chi connectivity index (χ1n) is 6.90. The lowest BCUT2D eigenvalue weighted by atomic mass is 9.91. The third-order valence-corrected chi connectivity index (χ3v) is 4.51. The summed E-state index contributed by atoms with van der Waals surface area (Å²) in [4.78, 5) is 9.92. The number of anilines is 1. The smallest absolute Gasteiger partial charge is 0.158 e. The molecule has 0 saturated heterocycles. The zero-order chi connectivity index (χ0) is 15.3. The van der Waals surface area contributed by atoms with Crippen molar-refractivity contribution in [1.29, 1.82) is 0 Å². The van der Waals surface area contributed by atoms with Gasteiger partial charge in [0.2, 0.25) is 0 Å². The van der Waals surface area contributed by atoms with Crippen LogP contribution in [0.3, 0.4) is 0 Å². The molecule has 114 valence electrons. The van der Waals surface area contributed by atoms with Crippen molar-refractivity contribution < 1.29 is 4.74 Å². The summed E-state index contributed by atoms with van der Waals surface area (Å²) in [6.45, 7) is 8.12. The van der Waals surface area contributed by atoms with E-state index < -0.39 is 0 Å². The molecule has 0 fully saturated rings. The van der Waals surface area contributed by atoms with E-state index >= 15 is 0 Å². The largest absolute Gasteiger partial charge is 0.374 e. The second-order valence-electron chi connectivity index (χ2n) is 5.34. The van der Waals surface area contributed by atoms with Crippen LogP contribution in [0, 0.1) is 0 Å². The number of hydrogen-bond acceptors (Lipinski definition) is 5. The van der Waals surface area contributed by atoms with Gasteiger partial charge in [-0.1, -0.05) is 31.5 Å². The fraction of sp³-hybridized carbons (Fsp3) is 0.467. The van der Waals surface area contributed by atoms with Gasteiger partial charge >= 0.3 is 0 Å². The lowest BCUT2D eigenvalue weighted by molar-refractivity contribution is 0.128. The lowest BCUT2D eigenvalue weighted by Gasteiger charge is -2.24. The summed E-state index contributed by atoms with van der Waals surface area (Å²) in [5.74, 6) is 1.33. The number of hydrogen-bond donors (Lipinski definition) is 1. The van der Waals surface area contributed by atoms with Gasteiger partial charge in [-0.15, -0.1) is 11.3 Å². The van der Waals surface area contributed by atoms with E-state index in [9.17, 15) is 0 Å². The molecular weight excluding hydrogens is 306 g/mol. The Hall–Kier alpha value is -1.17. The lowest BCUT2D eigenvalue weighted by Crippen LogP contribution is -2.27. The van der Waals surface area contributed by atoms with Crippen molar-refractivity contribution in [2.45, 2.75) is 32.8 Å². The number of rotatable bonds is 7. The molecule has 2 heterocycles. The van der Waals surface area contributed by atoms with Crippen LogP contribution in [0.4, 0.5) is 5.82 Å². The van der Waals surface area contributed by atoms with Gasteiger partial charge in [0.05, 0.1) is 0 Å². The second-order valence-corrected chi connectivity index (χ2v) is 6.68. The van der Waals surface area contributed by atoms with Crippen LogP contribution < -0.4 is 5.32 Å². The van der Waals surface area contributed by atoms with Gasteiger partial charge in [-0.3, -0.25) is 0 Å². The predicted molar refractivity (Wildman–Crippen MR) is 88.2 cm³/mol. The van der Waals surface area contributed by atoms with E-state index in [2.05, 4.69) is 46.6 Å². The van der Waals surface area contributed by atoms with Crippen LogP contribution in [0.25, 0.3) is 0 Å². The SMILES string of the molecule is CCOCc1nc(Cl)cc(NCC(C)(C)c2cccs2)n1. The minimum atomic E-state index is 0.0334. The van der Waals surface area contributed by atoms with E-state index in [1.807, 2.05) is 6.92 Å². The standard InChI is InChI=1S/C15H20ClN3OS/c1-4-20-9-14-18-12(16)8-13(19-14)17-10-15(2,3)11-6-5-7-21-11/h5-8H,4,9-10H2,1-3H3,(H,17,18,19). The van der Waals surface area contributed by atoms with Gasteiger partial charge in [0, 0.05) is 29.5 Å². The molecule has 2 aromatic rings. The number of nitrogens with zero attached hydrogens (tertiary/aromatic N) is 2. The van der Waals surface area contributed by atoms with Gasteiger partial charge in [-0.2, -0.15) is 0 Å². The molecule has 0 aromatic carbocycles. The first-order chi connectivity index (χ1) is 10.0. The first-order valence-corrected chi connectivity index (χ1v) is 8.16. The van der Waals surface area contributed by atoms with Gasteiger partial charge in [0.1, 0.15) is 17.6 Å². The molecule has 0 aliphatic heterocycles. The van der Waals surface area contributed by atoms with E-state index in [0.29, 0.717) is 24.2 Å². The van der Waals surface area contributed by atoms with Gasteiger partial charge in [0.25, 0.3) is 0 Å². The van der Waals surface area contributed by atoms with Crippen molar-refractivity contribution in [2.24, 2.45) is 0 Å². The van der Waals surface area contributed by atoms with E-state index in [0.717, 1.165) is 12.4 Å². The summed E-state index contributed by atoms with van der Waals surface area (Å²) < 4.78 is 5.32. The number of aromatic nitrogens is 2. The Morgan fingerprint density at radius 3 is 2.86 bits per heavy atom. The average Bonchev–Trinajstić information content (AvgIpc) is 2.97. The Balaban J connectivity index is 2.04. The minimum Gasteiger partial charge on any atom is -0.374 e. The number of thiophene rings is 1.